The number of hydrogen-bond donors (Lipinski definition) is 0. The average Bonchev–Trinajstić information content (AvgIpc) is 0.918. The largest absolute Gasteiger partial charge is 0 e. The Morgan fingerprint density at radius 3 is 1.20 bits per heavy atom. The van der Waals surface area contributed by atoms with Gasteiger partial charge in [-0.3, -0.25) is 0 Å². The molecule has 0 aromatic carbocycles. The second-order valence-corrected chi connectivity index (χ2v) is 5.03. The van der Waals surface area contributed by atoms with E-state index in [9.17, 15) is 0 Å². The Hall–Kier alpha value is 2.38. The molecule has 0 atom stereocenters. The van der Waals surface area contributed by atoms with Crippen LogP contribution in [0.5, 0.6) is 0 Å². The van der Waals surface area contributed by atoms with Gasteiger partial charge in [-0.1, -0.05) is 0 Å². The second kappa shape index (κ2) is 16.2. The minimum absolute atomic E-state index is 0. The molecule has 0 nitrogen and oxygen atoms in total. The van der Waals surface area contributed by atoms with Gasteiger partial charge in [0, 0.05) is 36.5 Å². The molecule has 0 spiro atoms. The van der Waals surface area contributed by atoms with Crippen molar-refractivity contribution >= 4 is 35.8 Å². The van der Waals surface area contributed by atoms with Crippen molar-refractivity contribution in [3.8, 4) is 0 Å². The molecule has 0 rings (SSSR count). The average molecular weight is 312 g/mol. The zero-order valence-electron chi connectivity index (χ0n) is 2.33. The molecule has 0 N–H and O–H groups in total. The Bertz CT molecular complexity index is 30.6. The fourth-order valence-electron chi connectivity index (χ4n) is 0. The molecule has 0 heterocycles. The molecular formula is CuS2SnZn. The molecule has 0 saturated heterocycles. The summed E-state index contributed by atoms with van der Waals surface area (Å²) in [5, 5.41) is 0. The Kier molecular flexibility index (Phi) is 50.6. The van der Waals surface area contributed by atoms with E-state index in [0.717, 1.165) is 0 Å². The molecule has 0 aromatic heterocycles. The molecule has 0 amide bonds. The van der Waals surface area contributed by atoms with Crippen molar-refractivity contribution < 1.29 is 36.5 Å². The molecule has 0 aromatic rings. The van der Waals surface area contributed by atoms with Gasteiger partial charge in [-0.25, -0.2) is 0 Å². The summed E-state index contributed by atoms with van der Waals surface area (Å²) in [5.74, 6) is 0. The maximum Gasteiger partial charge on any atom is 0 e. The third-order valence-corrected chi connectivity index (χ3v) is 0. The van der Waals surface area contributed by atoms with E-state index in [-0.39, 0.29) is 36.5 Å². The summed E-state index contributed by atoms with van der Waals surface area (Å²) in [6.45, 7) is 0. The first-order valence-corrected chi connectivity index (χ1v) is 8.22. The van der Waals surface area contributed by atoms with Gasteiger partial charge in [-0.15, -0.1) is 0 Å². The maximum atomic E-state index is 4.38. The molecular weight excluding hydrogens is 312 g/mol. The van der Waals surface area contributed by atoms with Gasteiger partial charge >= 0.3 is 35.8 Å². The quantitative estimate of drug-likeness (QED) is 0.610. The monoisotopic (exact) mass is 311 g/mol. The van der Waals surface area contributed by atoms with Crippen molar-refractivity contribution in [3.63, 3.8) is 0 Å². The minimum Gasteiger partial charge on any atom is 0 e. The van der Waals surface area contributed by atoms with Gasteiger partial charge in [0.2, 0.25) is 0 Å². The normalized spacial score (nSPS) is 1.60. The molecule has 0 bridgehead atoms. The zero-order chi connectivity index (χ0) is 2.71. The van der Waals surface area contributed by atoms with Gasteiger partial charge in [0.25, 0.3) is 0 Å². The van der Waals surface area contributed by atoms with Crippen LogP contribution in [0.3, 0.4) is 0 Å². The number of hydrogen-bond acceptors (Lipinski definition) is 2. The van der Waals surface area contributed by atoms with Crippen molar-refractivity contribution in [2.75, 3.05) is 0 Å². The van der Waals surface area contributed by atoms with Gasteiger partial charge in [-0.2, -0.15) is 0 Å². The van der Waals surface area contributed by atoms with Crippen LogP contribution in [0, 0.1) is 0 Å². The van der Waals surface area contributed by atoms with E-state index in [1.807, 2.05) is 0 Å². The smallest absolute Gasteiger partial charge is 0 e. The number of rotatable bonds is 0. The van der Waals surface area contributed by atoms with Crippen LogP contribution in [0.25, 0.3) is 0 Å². The Morgan fingerprint density at radius 1 is 1.20 bits per heavy atom. The first-order chi connectivity index (χ1) is 1.41. The topological polar surface area (TPSA) is 0 Å². The van der Waals surface area contributed by atoms with Crippen LogP contribution in [-0.2, 0) is 36.5 Å². The van der Waals surface area contributed by atoms with Gasteiger partial charge < -0.3 is 0 Å². The van der Waals surface area contributed by atoms with Crippen LogP contribution in [0.2, 0.25) is 0 Å². The standard InChI is InChI=1S/Cu.2S.Sn.Zn. The first kappa shape index (κ1) is 15.7. The fraction of sp³-hybridized carbons (Fsp3) is 0. The maximum absolute atomic E-state index is 4.38. The van der Waals surface area contributed by atoms with Crippen molar-refractivity contribution in [1.29, 1.82) is 0 Å². The summed E-state index contributed by atoms with van der Waals surface area (Å²) in [6.07, 6.45) is 0. The van der Waals surface area contributed by atoms with Crippen LogP contribution in [-0.4, -0.2) is 17.3 Å². The molecule has 1 radical (unpaired) electrons. The van der Waals surface area contributed by atoms with Crippen molar-refractivity contribution in [2.24, 2.45) is 0 Å². The molecule has 0 unspecified atom stereocenters. The van der Waals surface area contributed by atoms with Gasteiger partial charge in [0.1, 0.15) is 0 Å². The van der Waals surface area contributed by atoms with Gasteiger partial charge in [-0.05, 0) is 0 Å². The van der Waals surface area contributed by atoms with E-state index in [1.54, 1.807) is 0 Å². The predicted octanol–water partition coefficient (Wildman–Crippen LogP) is 0.911. The van der Waals surface area contributed by atoms with Crippen LogP contribution in [0.4, 0.5) is 0 Å². The van der Waals surface area contributed by atoms with Crippen LogP contribution in [0.1, 0.15) is 0 Å². The molecule has 5 heteroatoms. The van der Waals surface area contributed by atoms with E-state index >= 15 is 0 Å². The summed E-state index contributed by atoms with van der Waals surface area (Å²) >= 11 is -0.603. The summed E-state index contributed by atoms with van der Waals surface area (Å²) in [6, 6.07) is 0. The van der Waals surface area contributed by atoms with Crippen LogP contribution >= 0.6 is 18.6 Å². The fourth-order valence-corrected chi connectivity index (χ4v) is 0. The van der Waals surface area contributed by atoms with E-state index in [2.05, 4.69) is 18.6 Å². The molecule has 29 valence electrons. The van der Waals surface area contributed by atoms with Crippen molar-refractivity contribution in [1.82, 2.24) is 0 Å². The predicted molar refractivity (Wildman–Crippen MR) is 20.9 cm³/mol. The molecule has 0 aliphatic heterocycles. The third-order valence-electron chi connectivity index (χ3n) is 0. The van der Waals surface area contributed by atoms with E-state index in [0.29, 0.717) is 0 Å². The van der Waals surface area contributed by atoms with Crippen LogP contribution < -0.4 is 0 Å². The summed E-state index contributed by atoms with van der Waals surface area (Å²) in [7, 11) is 8.76. The van der Waals surface area contributed by atoms with Crippen molar-refractivity contribution in [3.05, 3.63) is 0 Å². The molecule has 5 heavy (non-hydrogen) atoms. The first-order valence-electron chi connectivity index (χ1n) is 0.408. The third kappa shape index (κ3) is 21.6. The zero-order valence-corrected chi connectivity index (χ0v) is 10.7. The second-order valence-electron chi connectivity index (χ2n) is 0.0833. The SMILES string of the molecule is [Cu].[S]=[Sn]=[S].[Zn]. The Morgan fingerprint density at radius 2 is 1.20 bits per heavy atom. The summed E-state index contributed by atoms with van der Waals surface area (Å²) < 4.78 is 0. The summed E-state index contributed by atoms with van der Waals surface area (Å²) in [5.41, 5.74) is 0. The van der Waals surface area contributed by atoms with E-state index in [4.69, 9.17) is 0 Å². The van der Waals surface area contributed by atoms with E-state index in [1.165, 1.54) is 0 Å². The Balaban J connectivity index is -0.0000000200. The van der Waals surface area contributed by atoms with E-state index < -0.39 is 17.3 Å². The van der Waals surface area contributed by atoms with Gasteiger partial charge in [0.15, 0.2) is 0 Å². The molecule has 0 aliphatic rings. The molecule has 0 fully saturated rings. The summed E-state index contributed by atoms with van der Waals surface area (Å²) in [4.78, 5) is 0. The molecule has 0 aliphatic carbocycles. The minimum atomic E-state index is -0.603. The Labute approximate surface area is 71.2 Å². The van der Waals surface area contributed by atoms with Crippen LogP contribution in [0.15, 0.2) is 0 Å². The van der Waals surface area contributed by atoms with Gasteiger partial charge in [0.05, 0.1) is 0 Å². The van der Waals surface area contributed by atoms with Crippen molar-refractivity contribution in [2.45, 2.75) is 0 Å². The molecule has 0 saturated carbocycles.